The molecular weight excluding hydrogens is 484 g/mol. The van der Waals surface area contributed by atoms with Crippen LogP contribution in [0.2, 0.25) is 0 Å². The molecule has 0 aromatic heterocycles. The highest BCUT2D eigenvalue weighted by atomic mass is 79.9. The maximum absolute atomic E-state index is 12.3. The summed E-state index contributed by atoms with van der Waals surface area (Å²) < 4.78 is 17.8. The number of rotatable bonds is 10. The van der Waals surface area contributed by atoms with E-state index in [9.17, 15) is 4.79 Å². The average molecular weight is 507 g/mol. The van der Waals surface area contributed by atoms with E-state index < -0.39 is 12.0 Å². The standard InChI is InChI=1S/C26H23BrN2O4/c1-3-15-31-25-14-9-22(27)16-21(25)17-28-29-26(30)19(2)33-24-12-10-23(11-13-24)32-18-20-7-5-4-6-8-20/h1,4-14,16-17,19H,15,18H2,2H3,(H,29,30)/t19-/m0/s1. The minimum atomic E-state index is -0.752. The van der Waals surface area contributed by atoms with Gasteiger partial charge in [0.2, 0.25) is 0 Å². The summed E-state index contributed by atoms with van der Waals surface area (Å²) in [6.07, 6.45) is 5.98. The van der Waals surface area contributed by atoms with Crippen LogP contribution in [0.5, 0.6) is 17.2 Å². The number of carbonyl (C=O) groups is 1. The maximum atomic E-state index is 12.3. The first kappa shape index (κ1) is 23.9. The summed E-state index contributed by atoms with van der Waals surface area (Å²) in [6.45, 7) is 2.26. The van der Waals surface area contributed by atoms with Crippen LogP contribution in [0.3, 0.4) is 0 Å². The van der Waals surface area contributed by atoms with Crippen LogP contribution in [0.4, 0.5) is 0 Å². The molecule has 0 spiro atoms. The lowest BCUT2D eigenvalue weighted by molar-refractivity contribution is -0.127. The van der Waals surface area contributed by atoms with Crippen molar-refractivity contribution in [2.45, 2.75) is 19.6 Å². The first-order chi connectivity index (χ1) is 16.0. The third kappa shape index (κ3) is 7.70. The van der Waals surface area contributed by atoms with Crippen molar-refractivity contribution >= 4 is 28.1 Å². The topological polar surface area (TPSA) is 69.2 Å². The molecule has 0 aliphatic heterocycles. The number of benzene rings is 3. The second kappa shape index (κ2) is 12.3. The highest BCUT2D eigenvalue weighted by molar-refractivity contribution is 9.10. The van der Waals surface area contributed by atoms with Gasteiger partial charge in [0.15, 0.2) is 6.10 Å². The number of amides is 1. The zero-order valence-corrected chi connectivity index (χ0v) is 19.6. The van der Waals surface area contributed by atoms with Gasteiger partial charge >= 0.3 is 0 Å². The van der Waals surface area contributed by atoms with Gasteiger partial charge in [0, 0.05) is 10.0 Å². The van der Waals surface area contributed by atoms with E-state index in [2.05, 4.69) is 32.4 Å². The number of ether oxygens (including phenoxy) is 3. The molecule has 6 nitrogen and oxygen atoms in total. The summed E-state index contributed by atoms with van der Waals surface area (Å²) in [4.78, 5) is 12.3. The van der Waals surface area contributed by atoms with Gasteiger partial charge in [-0.2, -0.15) is 5.10 Å². The second-order valence-electron chi connectivity index (χ2n) is 6.91. The lowest BCUT2D eigenvalue weighted by atomic mass is 10.2. The number of hydrazone groups is 1. The average Bonchev–Trinajstić information content (AvgIpc) is 2.83. The number of terminal acetylenes is 1. The third-order valence-electron chi connectivity index (χ3n) is 4.42. The Morgan fingerprint density at radius 2 is 1.82 bits per heavy atom. The zero-order chi connectivity index (χ0) is 23.5. The molecule has 0 radical (unpaired) electrons. The molecule has 3 aromatic carbocycles. The fourth-order valence-corrected chi connectivity index (χ4v) is 3.12. The fourth-order valence-electron chi connectivity index (χ4n) is 2.74. The van der Waals surface area contributed by atoms with Crippen molar-refractivity contribution in [3.05, 3.63) is 88.4 Å². The largest absolute Gasteiger partial charge is 0.489 e. The lowest BCUT2D eigenvalue weighted by Crippen LogP contribution is -2.33. The number of hydrogen-bond acceptors (Lipinski definition) is 5. The van der Waals surface area contributed by atoms with Crippen molar-refractivity contribution in [3.8, 4) is 29.6 Å². The fraction of sp³-hybridized carbons (Fsp3) is 0.154. The Labute approximate surface area is 201 Å². The molecule has 1 atom stereocenters. The van der Waals surface area contributed by atoms with Gasteiger partial charge in [0.25, 0.3) is 5.91 Å². The van der Waals surface area contributed by atoms with Gasteiger partial charge in [-0.15, -0.1) is 6.42 Å². The molecule has 0 bridgehead atoms. The van der Waals surface area contributed by atoms with Crippen molar-refractivity contribution in [2.75, 3.05) is 6.61 Å². The summed E-state index contributed by atoms with van der Waals surface area (Å²) in [7, 11) is 0. The quantitative estimate of drug-likeness (QED) is 0.239. The summed E-state index contributed by atoms with van der Waals surface area (Å²) in [5.41, 5.74) is 4.22. The maximum Gasteiger partial charge on any atom is 0.280 e. The first-order valence-corrected chi connectivity index (χ1v) is 11.0. The molecule has 1 N–H and O–H groups in total. The summed E-state index contributed by atoms with van der Waals surface area (Å²) in [5.74, 6) is 3.85. The van der Waals surface area contributed by atoms with Crippen LogP contribution in [-0.4, -0.2) is 24.8 Å². The molecule has 0 fully saturated rings. The second-order valence-corrected chi connectivity index (χ2v) is 7.83. The highest BCUT2D eigenvalue weighted by Crippen LogP contribution is 2.22. The Morgan fingerprint density at radius 3 is 2.55 bits per heavy atom. The minimum absolute atomic E-state index is 0.135. The smallest absolute Gasteiger partial charge is 0.280 e. The van der Waals surface area contributed by atoms with E-state index >= 15 is 0 Å². The summed E-state index contributed by atoms with van der Waals surface area (Å²) >= 11 is 3.40. The SMILES string of the molecule is C#CCOc1ccc(Br)cc1C=NNC(=O)[C@H](C)Oc1ccc(OCc2ccccc2)cc1. The molecule has 0 aliphatic carbocycles. The molecule has 3 rings (SSSR count). The highest BCUT2D eigenvalue weighted by Gasteiger charge is 2.14. The predicted octanol–water partition coefficient (Wildman–Crippen LogP) is 4.96. The van der Waals surface area contributed by atoms with Gasteiger partial charge in [-0.1, -0.05) is 52.2 Å². The van der Waals surface area contributed by atoms with Gasteiger partial charge in [-0.3, -0.25) is 4.79 Å². The Kier molecular flexibility index (Phi) is 8.92. The van der Waals surface area contributed by atoms with Crippen LogP contribution in [0, 0.1) is 12.3 Å². The van der Waals surface area contributed by atoms with Crippen LogP contribution >= 0.6 is 15.9 Å². The van der Waals surface area contributed by atoms with Crippen molar-refractivity contribution in [1.29, 1.82) is 0 Å². The lowest BCUT2D eigenvalue weighted by Gasteiger charge is -2.13. The molecule has 1 amide bonds. The summed E-state index contributed by atoms with van der Waals surface area (Å²) in [5, 5.41) is 4.00. The third-order valence-corrected chi connectivity index (χ3v) is 4.91. The van der Waals surface area contributed by atoms with Gasteiger partial charge < -0.3 is 14.2 Å². The predicted molar refractivity (Wildman–Crippen MR) is 132 cm³/mol. The monoisotopic (exact) mass is 506 g/mol. The summed E-state index contributed by atoms with van der Waals surface area (Å²) in [6, 6.07) is 22.4. The molecule has 0 saturated carbocycles. The van der Waals surface area contributed by atoms with E-state index in [0.717, 1.165) is 10.0 Å². The Morgan fingerprint density at radius 1 is 1.09 bits per heavy atom. The van der Waals surface area contributed by atoms with Crippen LogP contribution in [0.25, 0.3) is 0 Å². The number of hydrogen-bond donors (Lipinski definition) is 1. The van der Waals surface area contributed by atoms with Crippen LogP contribution in [0.15, 0.2) is 82.4 Å². The van der Waals surface area contributed by atoms with Gasteiger partial charge in [0.05, 0.1) is 6.21 Å². The van der Waals surface area contributed by atoms with Gasteiger partial charge in [-0.05, 0) is 55.0 Å². The first-order valence-electron chi connectivity index (χ1n) is 10.2. The minimum Gasteiger partial charge on any atom is -0.489 e. The Balaban J connectivity index is 1.50. The number of nitrogens with zero attached hydrogens (tertiary/aromatic N) is 1. The molecule has 0 heterocycles. The van der Waals surface area contributed by atoms with E-state index in [1.54, 1.807) is 37.3 Å². The molecule has 0 aliphatic rings. The normalized spacial score (nSPS) is 11.4. The van der Waals surface area contributed by atoms with Crippen molar-refractivity contribution < 1.29 is 19.0 Å². The molecule has 0 saturated heterocycles. The van der Waals surface area contributed by atoms with E-state index in [-0.39, 0.29) is 6.61 Å². The van der Waals surface area contributed by atoms with E-state index in [0.29, 0.717) is 29.4 Å². The Bertz CT molecular complexity index is 1130. The van der Waals surface area contributed by atoms with E-state index in [4.69, 9.17) is 20.6 Å². The van der Waals surface area contributed by atoms with Crippen molar-refractivity contribution in [1.82, 2.24) is 5.43 Å². The van der Waals surface area contributed by atoms with Crippen molar-refractivity contribution in [2.24, 2.45) is 5.10 Å². The zero-order valence-electron chi connectivity index (χ0n) is 18.0. The molecule has 168 valence electrons. The van der Waals surface area contributed by atoms with Gasteiger partial charge in [0.1, 0.15) is 30.5 Å². The van der Waals surface area contributed by atoms with E-state index in [1.807, 2.05) is 42.5 Å². The Hall–Kier alpha value is -3.76. The molecule has 33 heavy (non-hydrogen) atoms. The number of halogens is 1. The molecule has 7 heteroatoms. The molecule has 0 unspecified atom stereocenters. The van der Waals surface area contributed by atoms with Crippen molar-refractivity contribution in [3.63, 3.8) is 0 Å². The van der Waals surface area contributed by atoms with E-state index in [1.165, 1.54) is 6.21 Å². The van der Waals surface area contributed by atoms with Crippen LogP contribution in [0.1, 0.15) is 18.1 Å². The number of nitrogens with one attached hydrogen (secondary N) is 1. The number of carbonyl (C=O) groups excluding carboxylic acids is 1. The van der Waals surface area contributed by atoms with Gasteiger partial charge in [-0.25, -0.2) is 5.43 Å². The van der Waals surface area contributed by atoms with Crippen LogP contribution in [-0.2, 0) is 11.4 Å². The van der Waals surface area contributed by atoms with Crippen LogP contribution < -0.4 is 19.6 Å². The molecular formula is C26H23BrN2O4. The molecule has 3 aromatic rings.